The minimum Gasteiger partial charge on any atom is -0.378 e. The number of rotatable bonds is 2. The molecule has 0 spiro atoms. The molecule has 130 valence electrons. The van der Waals surface area contributed by atoms with Crippen molar-refractivity contribution in [2.24, 2.45) is 0 Å². The Hall–Kier alpha value is -2.24. The van der Waals surface area contributed by atoms with Crippen molar-refractivity contribution in [3.05, 3.63) is 47.6 Å². The molecule has 0 bridgehead atoms. The van der Waals surface area contributed by atoms with Gasteiger partial charge >= 0.3 is 0 Å². The second-order valence-corrected chi connectivity index (χ2v) is 5.79. The molecule has 0 unspecified atom stereocenters. The lowest BCUT2D eigenvalue weighted by molar-refractivity contribution is 0.122. The molecular formula is C19H21ClN4O. The van der Waals surface area contributed by atoms with Crippen LogP contribution in [0, 0.1) is 0 Å². The van der Waals surface area contributed by atoms with Crippen molar-refractivity contribution in [3.8, 4) is 11.4 Å². The van der Waals surface area contributed by atoms with Crippen LogP contribution in [0.25, 0.3) is 22.4 Å². The van der Waals surface area contributed by atoms with Crippen LogP contribution in [-0.2, 0) is 4.74 Å². The van der Waals surface area contributed by atoms with Crippen LogP contribution < -0.4 is 4.90 Å². The van der Waals surface area contributed by atoms with Crippen molar-refractivity contribution in [2.45, 2.75) is 13.8 Å². The molecule has 0 amide bonds. The van der Waals surface area contributed by atoms with Crippen LogP contribution in [0.1, 0.15) is 13.8 Å². The lowest BCUT2D eigenvalue weighted by Crippen LogP contribution is -2.37. The lowest BCUT2D eigenvalue weighted by atomic mass is 10.2. The summed E-state index contributed by atoms with van der Waals surface area (Å²) in [7, 11) is 0. The van der Waals surface area contributed by atoms with Gasteiger partial charge in [-0.05, 0) is 6.07 Å². The Kier molecular flexibility index (Phi) is 5.79. The smallest absolute Gasteiger partial charge is 0.162 e. The highest BCUT2D eigenvalue weighted by Gasteiger charge is 2.19. The van der Waals surface area contributed by atoms with Crippen LogP contribution in [0.15, 0.2) is 42.6 Å². The first-order valence-electron chi connectivity index (χ1n) is 8.53. The molecule has 2 aromatic heterocycles. The van der Waals surface area contributed by atoms with Crippen molar-refractivity contribution >= 4 is 28.5 Å². The van der Waals surface area contributed by atoms with E-state index in [1.807, 2.05) is 50.2 Å². The third-order valence-corrected chi connectivity index (χ3v) is 4.03. The molecule has 0 N–H and O–H groups in total. The van der Waals surface area contributed by atoms with E-state index < -0.39 is 0 Å². The van der Waals surface area contributed by atoms with E-state index in [0.29, 0.717) is 24.1 Å². The summed E-state index contributed by atoms with van der Waals surface area (Å²) in [5.74, 6) is 1.53. The molecule has 6 heteroatoms. The number of fused-ring (bicyclic) bond motifs is 1. The Labute approximate surface area is 152 Å². The maximum Gasteiger partial charge on any atom is 0.162 e. The molecule has 0 aliphatic carbocycles. The Morgan fingerprint density at radius 2 is 1.76 bits per heavy atom. The third kappa shape index (κ3) is 3.89. The fraction of sp³-hybridized carbons (Fsp3) is 0.316. The molecule has 25 heavy (non-hydrogen) atoms. The number of hydrogen-bond donors (Lipinski definition) is 0. The van der Waals surface area contributed by atoms with Crippen LogP contribution in [-0.4, -0.2) is 41.3 Å². The molecule has 3 aromatic rings. The van der Waals surface area contributed by atoms with Gasteiger partial charge in [0.05, 0.1) is 23.8 Å². The van der Waals surface area contributed by atoms with Crippen molar-refractivity contribution in [2.75, 3.05) is 31.2 Å². The number of morpholine rings is 1. The van der Waals surface area contributed by atoms with Gasteiger partial charge in [-0.3, -0.25) is 0 Å². The number of hydrogen-bond acceptors (Lipinski definition) is 5. The quantitative estimate of drug-likeness (QED) is 0.688. The summed E-state index contributed by atoms with van der Waals surface area (Å²) in [6.07, 6.45) is 1.64. The van der Waals surface area contributed by atoms with Gasteiger partial charge in [-0.25, -0.2) is 15.0 Å². The number of nitrogens with zero attached hydrogens (tertiary/aromatic N) is 4. The number of halogens is 1. The highest BCUT2D eigenvalue weighted by atomic mass is 35.5. The van der Waals surface area contributed by atoms with Crippen LogP contribution >= 0.6 is 11.6 Å². The van der Waals surface area contributed by atoms with Crippen LogP contribution in [0.5, 0.6) is 0 Å². The van der Waals surface area contributed by atoms with E-state index in [0.717, 1.165) is 35.5 Å². The van der Waals surface area contributed by atoms with Gasteiger partial charge in [0, 0.05) is 24.8 Å². The molecule has 0 radical (unpaired) electrons. The van der Waals surface area contributed by atoms with E-state index in [2.05, 4.69) is 14.9 Å². The SMILES string of the molecule is CC.Clc1cnc2c(N3CCOCC3)nc(-c3ccccc3)nc2c1. The van der Waals surface area contributed by atoms with E-state index in [4.69, 9.17) is 21.3 Å². The van der Waals surface area contributed by atoms with E-state index in [9.17, 15) is 0 Å². The number of benzene rings is 1. The lowest BCUT2D eigenvalue weighted by Gasteiger charge is -2.28. The minimum absolute atomic E-state index is 0.572. The predicted octanol–water partition coefficient (Wildman–Crippen LogP) is 4.21. The van der Waals surface area contributed by atoms with Gasteiger partial charge in [-0.15, -0.1) is 0 Å². The number of pyridine rings is 1. The van der Waals surface area contributed by atoms with Crippen molar-refractivity contribution in [1.29, 1.82) is 0 Å². The maximum atomic E-state index is 6.10. The number of anilines is 1. The first kappa shape index (κ1) is 17.6. The van der Waals surface area contributed by atoms with Gasteiger partial charge < -0.3 is 9.64 Å². The normalized spacial score (nSPS) is 14.1. The van der Waals surface area contributed by atoms with E-state index in [1.54, 1.807) is 6.20 Å². The largest absolute Gasteiger partial charge is 0.378 e. The van der Waals surface area contributed by atoms with Gasteiger partial charge in [0.1, 0.15) is 5.52 Å². The summed E-state index contributed by atoms with van der Waals surface area (Å²) >= 11 is 6.10. The standard InChI is InChI=1S/C17H15ClN4O.C2H6/c18-13-10-14-15(19-11-13)17(22-6-8-23-9-7-22)21-16(20-14)12-4-2-1-3-5-12;1-2/h1-5,10-11H,6-9H2;1-2H3. The van der Waals surface area contributed by atoms with Gasteiger partial charge in [0.2, 0.25) is 0 Å². The van der Waals surface area contributed by atoms with Gasteiger partial charge in [0.25, 0.3) is 0 Å². The summed E-state index contributed by atoms with van der Waals surface area (Å²) in [4.78, 5) is 16.1. The summed E-state index contributed by atoms with van der Waals surface area (Å²) in [6, 6.07) is 11.8. The Bertz CT molecular complexity index is 835. The number of ether oxygens (including phenoxy) is 1. The highest BCUT2D eigenvalue weighted by molar-refractivity contribution is 6.31. The first-order chi connectivity index (χ1) is 12.3. The zero-order valence-corrected chi connectivity index (χ0v) is 15.2. The summed E-state index contributed by atoms with van der Waals surface area (Å²) < 4.78 is 5.44. The van der Waals surface area contributed by atoms with E-state index in [1.165, 1.54) is 0 Å². The first-order valence-corrected chi connectivity index (χ1v) is 8.90. The van der Waals surface area contributed by atoms with Gasteiger partial charge in [-0.1, -0.05) is 55.8 Å². The number of aromatic nitrogens is 3. The molecule has 1 aliphatic heterocycles. The second-order valence-electron chi connectivity index (χ2n) is 5.36. The zero-order valence-electron chi connectivity index (χ0n) is 14.4. The maximum absolute atomic E-state index is 6.10. The van der Waals surface area contributed by atoms with Gasteiger partial charge in [0.15, 0.2) is 11.6 Å². The molecule has 5 nitrogen and oxygen atoms in total. The van der Waals surface area contributed by atoms with Crippen molar-refractivity contribution in [1.82, 2.24) is 15.0 Å². The topological polar surface area (TPSA) is 51.1 Å². The van der Waals surface area contributed by atoms with E-state index in [-0.39, 0.29) is 0 Å². The molecular weight excluding hydrogens is 336 g/mol. The average molecular weight is 357 g/mol. The second kappa shape index (κ2) is 8.23. The molecule has 1 saturated heterocycles. The van der Waals surface area contributed by atoms with Gasteiger partial charge in [-0.2, -0.15) is 0 Å². The molecule has 0 atom stereocenters. The monoisotopic (exact) mass is 356 g/mol. The van der Waals surface area contributed by atoms with Crippen LogP contribution in [0.3, 0.4) is 0 Å². The minimum atomic E-state index is 0.572. The highest BCUT2D eigenvalue weighted by Crippen LogP contribution is 2.28. The molecule has 1 fully saturated rings. The Morgan fingerprint density at radius 1 is 1.04 bits per heavy atom. The summed E-state index contributed by atoms with van der Waals surface area (Å²) in [5.41, 5.74) is 2.51. The van der Waals surface area contributed by atoms with Crippen LogP contribution in [0.4, 0.5) is 5.82 Å². The molecule has 4 rings (SSSR count). The Balaban J connectivity index is 0.000000880. The molecule has 0 saturated carbocycles. The molecule has 1 aliphatic rings. The summed E-state index contributed by atoms with van der Waals surface area (Å²) in [6.45, 7) is 6.98. The fourth-order valence-corrected chi connectivity index (χ4v) is 2.84. The molecule has 1 aromatic carbocycles. The third-order valence-electron chi connectivity index (χ3n) is 3.83. The zero-order chi connectivity index (χ0) is 17.6. The fourth-order valence-electron chi connectivity index (χ4n) is 2.69. The molecule has 3 heterocycles. The van der Waals surface area contributed by atoms with E-state index >= 15 is 0 Å². The Morgan fingerprint density at radius 3 is 2.48 bits per heavy atom. The van der Waals surface area contributed by atoms with Crippen molar-refractivity contribution < 1.29 is 4.74 Å². The van der Waals surface area contributed by atoms with Crippen LogP contribution in [0.2, 0.25) is 5.02 Å². The summed E-state index contributed by atoms with van der Waals surface area (Å²) in [5, 5.41) is 0.572. The van der Waals surface area contributed by atoms with Crippen molar-refractivity contribution in [3.63, 3.8) is 0 Å². The average Bonchev–Trinajstić information content (AvgIpc) is 2.70. The predicted molar refractivity (Wildman–Crippen MR) is 102 cm³/mol.